The van der Waals surface area contributed by atoms with Crippen molar-refractivity contribution >= 4 is 29.6 Å². The van der Waals surface area contributed by atoms with Crippen molar-refractivity contribution in [3.05, 3.63) is 93.0 Å². The smallest absolute Gasteiger partial charge is 0.410 e. The van der Waals surface area contributed by atoms with Gasteiger partial charge in [0.1, 0.15) is 28.7 Å². The van der Waals surface area contributed by atoms with E-state index in [1.165, 1.54) is 6.07 Å². The summed E-state index contributed by atoms with van der Waals surface area (Å²) in [5.74, 6) is 0.704. The van der Waals surface area contributed by atoms with E-state index in [1.54, 1.807) is 35.4 Å². The number of aromatic nitrogens is 1. The van der Waals surface area contributed by atoms with Crippen molar-refractivity contribution in [2.24, 2.45) is 4.99 Å². The Morgan fingerprint density at radius 2 is 1.77 bits per heavy atom. The van der Waals surface area contributed by atoms with Crippen LogP contribution in [0.5, 0.6) is 5.75 Å². The number of aliphatic imine (C=N–C) groups is 1. The molecule has 0 N–H and O–H groups in total. The van der Waals surface area contributed by atoms with Crippen LogP contribution in [0.1, 0.15) is 64.0 Å². The molecule has 8 nitrogen and oxygen atoms in total. The van der Waals surface area contributed by atoms with E-state index in [1.807, 2.05) is 45.9 Å². The Morgan fingerprint density at radius 1 is 1.07 bits per heavy atom. The largest absolute Gasteiger partial charge is 0.444 e. The minimum atomic E-state index is -0.540. The standard InChI is InChI=1S/C35H34N4O4S/c1-21-25(9-7-11-27(21)32(37-6)42-30-14-13-23(20-40)17-24(30)18-36)26-10-8-12-28(22(26)2)33-38-29-15-16-39(19-31(29)44-33)34(41)43-35(3,4)5/h7-14,17,20H,15-16,19H2,1-6H3. The number of carbonyl (C=O) groups is 2. The van der Waals surface area contributed by atoms with Crippen LogP contribution in [-0.4, -0.2) is 47.4 Å². The van der Waals surface area contributed by atoms with Gasteiger partial charge < -0.3 is 14.4 Å². The molecule has 0 radical (unpaired) electrons. The summed E-state index contributed by atoms with van der Waals surface area (Å²) in [5.41, 5.74) is 7.16. The van der Waals surface area contributed by atoms with Crippen molar-refractivity contribution in [2.75, 3.05) is 13.6 Å². The van der Waals surface area contributed by atoms with Crippen molar-refractivity contribution in [3.8, 4) is 33.5 Å². The summed E-state index contributed by atoms with van der Waals surface area (Å²) in [7, 11) is 1.65. The number of thiazole rings is 1. The summed E-state index contributed by atoms with van der Waals surface area (Å²) in [6.07, 6.45) is 1.09. The van der Waals surface area contributed by atoms with E-state index in [2.05, 4.69) is 36.2 Å². The van der Waals surface area contributed by atoms with Crippen LogP contribution in [0.3, 0.4) is 0 Å². The maximum absolute atomic E-state index is 12.7. The maximum atomic E-state index is 12.7. The summed E-state index contributed by atoms with van der Waals surface area (Å²) >= 11 is 1.62. The zero-order valence-corrected chi connectivity index (χ0v) is 26.5. The number of aldehydes is 1. The highest BCUT2D eigenvalue weighted by Crippen LogP contribution is 2.38. The second kappa shape index (κ2) is 12.4. The van der Waals surface area contributed by atoms with Crippen LogP contribution in [0.4, 0.5) is 4.79 Å². The molecule has 224 valence electrons. The molecule has 0 saturated heterocycles. The van der Waals surface area contributed by atoms with Gasteiger partial charge in [0, 0.05) is 41.6 Å². The van der Waals surface area contributed by atoms with Gasteiger partial charge in [-0.25, -0.2) is 9.78 Å². The number of ether oxygens (including phenoxy) is 2. The lowest BCUT2D eigenvalue weighted by molar-refractivity contribution is 0.0225. The van der Waals surface area contributed by atoms with E-state index in [0.717, 1.165) is 49.0 Å². The number of carbonyl (C=O) groups excluding carboxylic acids is 2. The van der Waals surface area contributed by atoms with E-state index in [0.29, 0.717) is 43.0 Å². The fourth-order valence-electron chi connectivity index (χ4n) is 5.23. The first-order valence-corrected chi connectivity index (χ1v) is 15.2. The minimum absolute atomic E-state index is 0.258. The van der Waals surface area contributed by atoms with E-state index in [-0.39, 0.29) is 11.7 Å². The van der Waals surface area contributed by atoms with Crippen molar-refractivity contribution in [3.63, 3.8) is 0 Å². The monoisotopic (exact) mass is 606 g/mol. The van der Waals surface area contributed by atoms with E-state index in [9.17, 15) is 14.9 Å². The third kappa shape index (κ3) is 6.26. The highest BCUT2D eigenvalue weighted by Gasteiger charge is 2.28. The van der Waals surface area contributed by atoms with Crippen LogP contribution in [0.2, 0.25) is 0 Å². The summed E-state index contributed by atoms with van der Waals surface area (Å²) in [5, 5.41) is 10.5. The summed E-state index contributed by atoms with van der Waals surface area (Å²) in [6, 6.07) is 19.0. The average molecular weight is 607 g/mol. The first kappa shape index (κ1) is 30.6. The molecule has 1 aliphatic heterocycles. The number of hydrogen-bond donors (Lipinski definition) is 0. The molecule has 0 unspecified atom stereocenters. The lowest BCUT2D eigenvalue weighted by atomic mass is 9.91. The molecule has 9 heteroatoms. The number of benzene rings is 3. The normalized spacial score (nSPS) is 13.2. The van der Waals surface area contributed by atoms with Crippen molar-refractivity contribution in [2.45, 2.75) is 53.2 Å². The van der Waals surface area contributed by atoms with Gasteiger partial charge in [0.25, 0.3) is 0 Å². The van der Waals surface area contributed by atoms with Gasteiger partial charge in [0.05, 0.1) is 17.8 Å². The first-order valence-electron chi connectivity index (χ1n) is 14.3. The zero-order chi connectivity index (χ0) is 31.6. The molecular weight excluding hydrogens is 572 g/mol. The van der Waals surface area contributed by atoms with Gasteiger partial charge >= 0.3 is 6.09 Å². The second-order valence-corrected chi connectivity index (χ2v) is 12.7. The van der Waals surface area contributed by atoms with Gasteiger partial charge in [-0.2, -0.15) is 5.26 Å². The molecule has 3 aromatic carbocycles. The summed E-state index contributed by atoms with van der Waals surface area (Å²) in [4.78, 5) is 36.1. The molecule has 0 spiro atoms. The molecule has 4 aromatic rings. The molecule has 0 saturated carbocycles. The molecular formula is C35H34N4O4S. The molecule has 0 fully saturated rings. The van der Waals surface area contributed by atoms with Gasteiger partial charge in [-0.05, 0) is 81.1 Å². The zero-order valence-electron chi connectivity index (χ0n) is 25.7. The van der Waals surface area contributed by atoms with Crippen LogP contribution < -0.4 is 4.74 Å². The van der Waals surface area contributed by atoms with Crippen LogP contribution in [-0.2, 0) is 17.7 Å². The fraction of sp³-hybridized carbons (Fsp3) is 0.286. The number of hydrogen-bond acceptors (Lipinski definition) is 8. The predicted octanol–water partition coefficient (Wildman–Crippen LogP) is 7.53. The van der Waals surface area contributed by atoms with Gasteiger partial charge in [-0.1, -0.05) is 30.3 Å². The summed E-state index contributed by atoms with van der Waals surface area (Å²) < 4.78 is 11.7. The van der Waals surface area contributed by atoms with Crippen LogP contribution in [0, 0.1) is 25.2 Å². The SMILES string of the molecule is CN=C(Oc1ccc(C=O)cc1C#N)c1cccc(-c2cccc(-c3nc4c(s3)CN(C(=O)OC(C)(C)C)CC4)c2C)c1C. The molecule has 5 rings (SSSR count). The van der Waals surface area contributed by atoms with E-state index >= 15 is 0 Å². The quantitative estimate of drug-likeness (QED) is 0.132. The number of amides is 1. The number of nitrogens with zero attached hydrogens (tertiary/aromatic N) is 4. The molecule has 0 aliphatic carbocycles. The molecule has 2 heterocycles. The van der Waals surface area contributed by atoms with Crippen LogP contribution in [0.25, 0.3) is 21.7 Å². The second-order valence-electron chi connectivity index (χ2n) is 11.6. The third-order valence-electron chi connectivity index (χ3n) is 7.47. The minimum Gasteiger partial charge on any atom is -0.444 e. The fourth-order valence-corrected chi connectivity index (χ4v) is 6.44. The Hall–Kier alpha value is -4.81. The molecule has 0 bridgehead atoms. The van der Waals surface area contributed by atoms with Crippen LogP contribution >= 0.6 is 11.3 Å². The topological polar surface area (TPSA) is 105 Å². The predicted molar refractivity (Wildman–Crippen MR) is 172 cm³/mol. The number of nitriles is 1. The lowest BCUT2D eigenvalue weighted by Gasteiger charge is -2.29. The highest BCUT2D eigenvalue weighted by molar-refractivity contribution is 7.15. The van der Waals surface area contributed by atoms with Crippen LogP contribution in [0.15, 0.2) is 59.6 Å². The maximum Gasteiger partial charge on any atom is 0.410 e. The Bertz CT molecular complexity index is 1830. The van der Waals surface area contributed by atoms with Crippen molar-refractivity contribution < 1.29 is 19.1 Å². The van der Waals surface area contributed by atoms with E-state index < -0.39 is 5.60 Å². The van der Waals surface area contributed by atoms with Gasteiger partial charge in [-0.3, -0.25) is 9.79 Å². The Labute approximate surface area is 261 Å². The molecule has 1 aromatic heterocycles. The molecule has 0 atom stereocenters. The molecule has 44 heavy (non-hydrogen) atoms. The summed E-state index contributed by atoms with van der Waals surface area (Å²) in [6.45, 7) is 10.8. The number of rotatable bonds is 5. The highest BCUT2D eigenvalue weighted by atomic mass is 32.1. The van der Waals surface area contributed by atoms with E-state index in [4.69, 9.17) is 14.5 Å². The first-order chi connectivity index (χ1) is 21.0. The van der Waals surface area contributed by atoms with Gasteiger partial charge in [-0.15, -0.1) is 11.3 Å². The van der Waals surface area contributed by atoms with Gasteiger partial charge in [0.15, 0.2) is 0 Å². The Balaban J connectivity index is 1.45. The Morgan fingerprint density at radius 3 is 2.45 bits per heavy atom. The van der Waals surface area contributed by atoms with Crippen molar-refractivity contribution in [1.82, 2.24) is 9.88 Å². The molecule has 1 aliphatic rings. The Kier molecular flexibility index (Phi) is 8.66. The molecule has 1 amide bonds. The van der Waals surface area contributed by atoms with Crippen molar-refractivity contribution in [1.29, 1.82) is 5.26 Å². The third-order valence-corrected chi connectivity index (χ3v) is 8.59. The van der Waals surface area contributed by atoms with Gasteiger partial charge in [0.2, 0.25) is 5.90 Å². The average Bonchev–Trinajstić information content (AvgIpc) is 3.43. The lowest BCUT2D eigenvalue weighted by Crippen LogP contribution is -2.39. The number of fused-ring (bicyclic) bond motifs is 1.